The highest BCUT2D eigenvalue weighted by Gasteiger charge is 2.25. The van der Waals surface area contributed by atoms with Gasteiger partial charge in [0.25, 0.3) is 0 Å². The summed E-state index contributed by atoms with van der Waals surface area (Å²) < 4.78 is 126. The Morgan fingerprint density at radius 2 is 0.973 bits per heavy atom. The molecule has 9 nitrogen and oxygen atoms in total. The van der Waals surface area contributed by atoms with Gasteiger partial charge in [-0.25, -0.2) is 28.7 Å². The van der Waals surface area contributed by atoms with Crippen LogP contribution in [-0.4, -0.2) is 15.0 Å². The smallest absolute Gasteiger partial charge is 0.227 e. The van der Waals surface area contributed by atoms with Crippen LogP contribution in [0.5, 0.6) is 0 Å². The van der Waals surface area contributed by atoms with Gasteiger partial charge in [0.15, 0.2) is 35.3 Å². The molecule has 0 fully saturated rings. The second-order valence-corrected chi connectivity index (χ2v) is 19.1. The first-order valence-corrected chi connectivity index (χ1v) is 24.0. The van der Waals surface area contributed by atoms with E-state index in [2.05, 4.69) is 27.1 Å². The van der Waals surface area contributed by atoms with Crippen molar-refractivity contribution in [3.63, 3.8) is 0 Å². The molecular formula is C64H65N6O3+3. The molecule has 0 saturated heterocycles. The Hall–Kier alpha value is -8.04. The lowest BCUT2D eigenvalue weighted by Gasteiger charge is -2.09. The van der Waals surface area contributed by atoms with Crippen molar-refractivity contribution < 1.29 is 44.8 Å². The molecule has 0 spiro atoms. The predicted molar refractivity (Wildman–Crippen MR) is 296 cm³/mol. The lowest BCUT2D eigenvalue weighted by atomic mass is 9.97. The molecule has 366 valence electrons. The first-order valence-electron chi connectivity index (χ1n) is 30.5. The van der Waals surface area contributed by atoms with Crippen LogP contribution in [0.1, 0.15) is 99.1 Å². The van der Waals surface area contributed by atoms with Crippen LogP contribution < -0.4 is 13.7 Å². The van der Waals surface area contributed by atoms with Crippen molar-refractivity contribution in [3.8, 4) is 33.8 Å². The lowest BCUT2D eigenvalue weighted by Crippen LogP contribution is -2.31. The predicted octanol–water partition coefficient (Wildman–Crippen LogP) is 14.6. The molecule has 0 N–H and O–H groups in total. The van der Waals surface area contributed by atoms with Crippen LogP contribution in [0.15, 0.2) is 129 Å². The largest absolute Gasteiger partial charge is 0.437 e. The van der Waals surface area contributed by atoms with Gasteiger partial charge in [0, 0.05) is 103 Å². The van der Waals surface area contributed by atoms with E-state index in [0.717, 1.165) is 94.7 Å². The van der Waals surface area contributed by atoms with Gasteiger partial charge in [0.1, 0.15) is 21.1 Å². The van der Waals surface area contributed by atoms with E-state index in [1.165, 1.54) is 6.92 Å². The fourth-order valence-corrected chi connectivity index (χ4v) is 9.75. The summed E-state index contributed by atoms with van der Waals surface area (Å²) in [5.41, 5.74) is 15.8. The molecule has 0 radical (unpaired) electrons. The first kappa shape index (κ1) is 35.1. The molecule has 3 aromatic carbocycles. The molecule has 9 aromatic heterocycles. The molecule has 0 aliphatic rings. The number of nitrogens with zero attached hydrogens (tertiary/aromatic N) is 6. The number of rotatable bonds is 4. The monoisotopic (exact) mass is 979 g/mol. The molecule has 0 aliphatic carbocycles. The number of hydrogen-bond donors (Lipinski definition) is 0. The van der Waals surface area contributed by atoms with E-state index in [1.807, 2.05) is 126 Å². The summed E-state index contributed by atoms with van der Waals surface area (Å²) in [6.07, 6.45) is 5.06. The molecule has 0 amide bonds. The maximum Gasteiger partial charge on any atom is 0.227 e. The minimum atomic E-state index is -2.44. The van der Waals surface area contributed by atoms with Crippen molar-refractivity contribution in [3.05, 3.63) is 177 Å². The fourth-order valence-electron chi connectivity index (χ4n) is 9.75. The first-order chi connectivity index (χ1) is 40.0. The van der Waals surface area contributed by atoms with Crippen molar-refractivity contribution in [2.24, 2.45) is 21.1 Å². The minimum absolute atomic E-state index is 0.213. The summed E-state index contributed by atoms with van der Waals surface area (Å²) in [5, 5.41) is 5.05. The minimum Gasteiger partial charge on any atom is -0.437 e. The molecule has 9 heteroatoms. The number of hydrogen-bond acceptors (Lipinski definition) is 6. The zero-order valence-corrected chi connectivity index (χ0v) is 42.9. The van der Waals surface area contributed by atoms with Gasteiger partial charge >= 0.3 is 0 Å². The van der Waals surface area contributed by atoms with Crippen molar-refractivity contribution in [2.45, 2.75) is 88.7 Å². The molecule has 12 rings (SSSR count). The van der Waals surface area contributed by atoms with Crippen LogP contribution in [-0.2, 0) is 21.1 Å². The summed E-state index contributed by atoms with van der Waals surface area (Å²) >= 11 is 0. The van der Waals surface area contributed by atoms with Gasteiger partial charge in [-0.1, -0.05) is 44.1 Å². The van der Waals surface area contributed by atoms with Gasteiger partial charge in [-0.2, -0.15) is 0 Å². The summed E-state index contributed by atoms with van der Waals surface area (Å²) in [6, 6.07) is 30.2. The van der Waals surface area contributed by atoms with Crippen LogP contribution in [0, 0.1) is 69.0 Å². The molecule has 73 heavy (non-hydrogen) atoms. The third kappa shape index (κ3) is 8.81. The maximum absolute atomic E-state index is 8.47. The summed E-state index contributed by atoms with van der Waals surface area (Å²) in [7, 11) is 5.53. The topological polar surface area (TPSA) is 89.7 Å². The number of benzene rings is 3. The van der Waals surface area contributed by atoms with Crippen molar-refractivity contribution in [1.82, 2.24) is 15.0 Å². The Kier molecular flexibility index (Phi) is 9.08. The van der Waals surface area contributed by atoms with Crippen LogP contribution in [0.25, 0.3) is 100.0 Å². The Morgan fingerprint density at radius 3 is 1.53 bits per heavy atom. The molecule has 0 saturated carbocycles. The molecule has 1 atom stereocenters. The quantitative estimate of drug-likeness (QED) is 0.163. The molecule has 12 aromatic rings. The molecular weight excluding hydrogens is 901 g/mol. The van der Waals surface area contributed by atoms with Gasteiger partial charge in [-0.05, 0) is 151 Å². The van der Waals surface area contributed by atoms with E-state index in [0.29, 0.717) is 55.8 Å². The van der Waals surface area contributed by atoms with Gasteiger partial charge in [-0.3, -0.25) is 0 Å². The standard InChI is InChI=1S/C22H23N2O.2C21H21N2O/c1-13(2)16-10-11-24(5)19(12-16)20-14(3)6-8-17-18-9-7-15(4)23-22(18)25-21(17)20;1-12-6-9-17(23(5)11-12)19-14(3)10-13(2)18-16-8-7-15(4)22-21(16)24-20(18)19;1-12-6-8-16-17-9-7-15(4)22-21(17)24-20(16)19(12)18-10-13(2)14(3)11-23(18)5/h6-13H,1-5H3;2*6-11H,1-5H3/q3*+1/i1D3,13D;1D3,2D3;3D3. The second-order valence-electron chi connectivity index (χ2n) is 19.1. The Balaban J connectivity index is 0.000000143. The van der Waals surface area contributed by atoms with E-state index in [-0.39, 0.29) is 11.1 Å². The van der Waals surface area contributed by atoms with Crippen LogP contribution in [0.2, 0.25) is 0 Å². The Bertz CT molecular complexity index is 4700. The van der Waals surface area contributed by atoms with Crippen molar-refractivity contribution in [1.29, 1.82) is 0 Å². The van der Waals surface area contributed by atoms with E-state index in [4.69, 9.17) is 31.1 Å². The van der Waals surface area contributed by atoms with Crippen molar-refractivity contribution in [2.75, 3.05) is 0 Å². The normalized spacial score (nSPS) is 15.7. The van der Waals surface area contributed by atoms with Gasteiger partial charge in [-0.15, -0.1) is 0 Å². The summed E-state index contributed by atoms with van der Waals surface area (Å²) in [4.78, 5) is 13.5. The van der Waals surface area contributed by atoms with Crippen molar-refractivity contribution >= 4 is 66.2 Å². The maximum atomic E-state index is 8.47. The van der Waals surface area contributed by atoms with Crippen LogP contribution >= 0.6 is 0 Å². The zero-order chi connectivity index (χ0) is 62.7. The number of aromatic nitrogens is 6. The van der Waals surface area contributed by atoms with E-state index in [1.54, 1.807) is 60.5 Å². The SMILES string of the molecule is [2H]C([2H])([2H])C([2H])(C)c1cc[n+](C)c(-c2c(C)ccc3c2oc2nc(C)ccc23)c1.[2H]C([2H])([2H])c1c[n+](C)c(-c2c(C)ccc3c2oc2nc(C)ccc23)cc1C.[2H]C([2H])([2H])c1ccc(-c2c(C)cc(C([2H])([2H])[2H])c3c2oc2nc(C)ccc23)[n+](C)c1. The molecule has 0 aliphatic heterocycles. The molecule has 1 unspecified atom stereocenters. The Labute approximate surface area is 445 Å². The second kappa shape index (κ2) is 18.9. The van der Waals surface area contributed by atoms with Crippen LogP contribution in [0.4, 0.5) is 0 Å². The summed E-state index contributed by atoms with van der Waals surface area (Å²) in [5.74, 6) is -1.72. The fraction of sp³-hybridized carbons (Fsp3) is 0.250. The average Bonchev–Trinajstić information content (AvgIpc) is 1.55. The summed E-state index contributed by atoms with van der Waals surface area (Å²) in [6.45, 7) is 5.72. The lowest BCUT2D eigenvalue weighted by molar-refractivity contribution is -0.660. The van der Waals surface area contributed by atoms with Gasteiger partial charge in [0.2, 0.25) is 34.2 Å². The third-order valence-electron chi connectivity index (χ3n) is 13.6. The van der Waals surface area contributed by atoms with Gasteiger partial charge in [0.05, 0.1) is 16.7 Å². The zero-order valence-electron chi connectivity index (χ0n) is 55.9. The highest BCUT2D eigenvalue weighted by Crippen LogP contribution is 2.40. The third-order valence-corrected chi connectivity index (χ3v) is 13.6. The average molecular weight is 979 g/mol. The molecule has 0 bridgehead atoms. The number of fused-ring (bicyclic) bond motifs is 9. The number of furan rings is 3. The van der Waals surface area contributed by atoms with E-state index >= 15 is 0 Å². The van der Waals surface area contributed by atoms with E-state index < -0.39 is 33.3 Å². The van der Waals surface area contributed by atoms with Gasteiger partial charge < -0.3 is 13.3 Å². The molecule has 9 heterocycles. The highest BCUT2D eigenvalue weighted by atomic mass is 16.3. The van der Waals surface area contributed by atoms with E-state index in [9.17, 15) is 0 Å². The number of aryl methyl sites for hydroxylation is 13. The number of pyridine rings is 6. The van der Waals surface area contributed by atoms with Crippen LogP contribution in [0.3, 0.4) is 0 Å². The Morgan fingerprint density at radius 1 is 0.452 bits per heavy atom. The highest BCUT2D eigenvalue weighted by molar-refractivity contribution is 6.11.